The van der Waals surface area contributed by atoms with Crippen LogP contribution >= 0.6 is 0 Å². The van der Waals surface area contributed by atoms with Crippen molar-refractivity contribution in [3.05, 3.63) is 71.3 Å². The largest absolute Gasteiger partial charge is 0.356 e. The summed E-state index contributed by atoms with van der Waals surface area (Å²) in [6.07, 6.45) is 1.38. The zero-order valence-corrected chi connectivity index (χ0v) is 13.7. The zero-order chi connectivity index (χ0) is 16.0. The van der Waals surface area contributed by atoms with Crippen LogP contribution in [0, 0.1) is 6.92 Å². The predicted octanol–water partition coefficient (Wildman–Crippen LogP) is 4.02. The molecule has 0 atom stereocenters. The Bertz CT molecular complexity index is 617. The lowest BCUT2D eigenvalue weighted by molar-refractivity contribution is -0.122. The second kappa shape index (κ2) is 7.26. The minimum Gasteiger partial charge on any atom is -0.356 e. The van der Waals surface area contributed by atoms with Crippen LogP contribution < -0.4 is 5.32 Å². The Morgan fingerprint density at radius 3 is 2.45 bits per heavy atom. The van der Waals surface area contributed by atoms with Gasteiger partial charge in [-0.15, -0.1) is 0 Å². The maximum Gasteiger partial charge on any atom is 0.220 e. The molecule has 2 aromatic carbocycles. The summed E-state index contributed by atoms with van der Waals surface area (Å²) >= 11 is 0. The molecule has 0 unspecified atom stereocenters. The highest BCUT2D eigenvalue weighted by molar-refractivity contribution is 5.77. The summed E-state index contributed by atoms with van der Waals surface area (Å²) in [6.45, 7) is 7.00. The van der Waals surface area contributed by atoms with E-state index in [1.54, 1.807) is 0 Å². The first-order chi connectivity index (χ1) is 10.5. The molecule has 2 heteroatoms. The zero-order valence-electron chi connectivity index (χ0n) is 13.7. The Labute approximate surface area is 133 Å². The highest BCUT2D eigenvalue weighted by atomic mass is 16.1. The van der Waals surface area contributed by atoms with Crippen molar-refractivity contribution >= 4 is 5.91 Å². The molecule has 0 heterocycles. The Hall–Kier alpha value is -2.09. The molecule has 2 rings (SSSR count). The first-order valence-electron chi connectivity index (χ1n) is 7.85. The van der Waals surface area contributed by atoms with Crippen LogP contribution in [0.3, 0.4) is 0 Å². The van der Waals surface area contributed by atoms with Gasteiger partial charge in [-0.2, -0.15) is 0 Å². The van der Waals surface area contributed by atoms with Crippen LogP contribution in [0.1, 0.15) is 37.0 Å². The van der Waals surface area contributed by atoms with Gasteiger partial charge in [-0.25, -0.2) is 0 Å². The van der Waals surface area contributed by atoms with Crippen molar-refractivity contribution in [2.45, 2.75) is 39.0 Å². The number of rotatable bonds is 6. The molecular formula is C20H25NO. The number of hydrogen-bond donors (Lipinski definition) is 1. The highest BCUT2D eigenvalue weighted by Gasteiger charge is 2.23. The number of carbonyl (C=O) groups is 1. The van der Waals surface area contributed by atoms with E-state index in [1.165, 1.54) is 16.7 Å². The average molecular weight is 295 g/mol. The number of nitrogens with one attached hydrogen (secondary N) is 1. The molecule has 2 nitrogen and oxygen atoms in total. The summed E-state index contributed by atoms with van der Waals surface area (Å²) in [5.41, 5.74) is 3.58. The van der Waals surface area contributed by atoms with E-state index < -0.39 is 0 Å². The van der Waals surface area contributed by atoms with Gasteiger partial charge in [0.25, 0.3) is 0 Å². The minimum absolute atomic E-state index is 0.113. The van der Waals surface area contributed by atoms with E-state index in [4.69, 9.17) is 0 Å². The first-order valence-corrected chi connectivity index (χ1v) is 7.85. The van der Waals surface area contributed by atoms with Gasteiger partial charge in [0.05, 0.1) is 0 Å². The van der Waals surface area contributed by atoms with E-state index in [0.29, 0.717) is 13.0 Å². The van der Waals surface area contributed by atoms with Gasteiger partial charge in [-0.3, -0.25) is 4.79 Å². The van der Waals surface area contributed by atoms with E-state index >= 15 is 0 Å². The summed E-state index contributed by atoms with van der Waals surface area (Å²) < 4.78 is 0. The maximum absolute atomic E-state index is 12.2. The molecule has 0 aliphatic carbocycles. The van der Waals surface area contributed by atoms with Gasteiger partial charge in [0, 0.05) is 13.0 Å². The van der Waals surface area contributed by atoms with Crippen molar-refractivity contribution in [2.75, 3.05) is 6.54 Å². The lowest BCUT2D eigenvalue weighted by atomic mass is 9.81. The molecule has 0 saturated carbocycles. The molecule has 22 heavy (non-hydrogen) atoms. The van der Waals surface area contributed by atoms with Crippen LogP contribution in [0.5, 0.6) is 0 Å². The van der Waals surface area contributed by atoms with E-state index in [-0.39, 0.29) is 11.3 Å². The molecule has 116 valence electrons. The van der Waals surface area contributed by atoms with Crippen LogP contribution in [0.2, 0.25) is 0 Å². The fourth-order valence-electron chi connectivity index (χ4n) is 2.67. The van der Waals surface area contributed by atoms with Gasteiger partial charge in [0.2, 0.25) is 5.91 Å². The Balaban J connectivity index is 1.83. The minimum atomic E-state index is -0.144. The molecule has 1 amide bonds. The molecular weight excluding hydrogens is 270 g/mol. The van der Waals surface area contributed by atoms with Crippen molar-refractivity contribution < 1.29 is 4.79 Å². The van der Waals surface area contributed by atoms with Gasteiger partial charge in [-0.1, -0.05) is 74.0 Å². The number of carbonyl (C=O) groups excluding carboxylic acids is 1. The Kier molecular flexibility index (Phi) is 5.37. The molecule has 0 saturated heterocycles. The van der Waals surface area contributed by atoms with E-state index in [2.05, 4.69) is 62.5 Å². The summed E-state index contributed by atoms with van der Waals surface area (Å²) in [5, 5.41) is 3.04. The molecule has 1 N–H and O–H groups in total. The van der Waals surface area contributed by atoms with Gasteiger partial charge in [0.1, 0.15) is 0 Å². The summed E-state index contributed by atoms with van der Waals surface area (Å²) in [7, 11) is 0. The fourth-order valence-corrected chi connectivity index (χ4v) is 2.67. The molecule has 0 aliphatic rings. The van der Waals surface area contributed by atoms with Gasteiger partial charge >= 0.3 is 0 Å². The predicted molar refractivity (Wildman–Crippen MR) is 92.0 cm³/mol. The van der Waals surface area contributed by atoms with Gasteiger partial charge in [-0.05, 0) is 29.9 Å². The third kappa shape index (κ3) is 4.73. The van der Waals surface area contributed by atoms with Crippen LogP contribution in [0.25, 0.3) is 0 Å². The smallest absolute Gasteiger partial charge is 0.220 e. The van der Waals surface area contributed by atoms with Gasteiger partial charge < -0.3 is 5.32 Å². The SMILES string of the molecule is Cc1cccc(CCNC(=O)CC(C)(C)c2ccccc2)c1. The second-order valence-corrected chi connectivity index (χ2v) is 6.52. The third-order valence-electron chi connectivity index (χ3n) is 3.98. The third-order valence-corrected chi connectivity index (χ3v) is 3.98. The molecule has 0 bridgehead atoms. The normalized spacial score (nSPS) is 11.2. The molecule has 0 fully saturated rings. The molecule has 0 radical (unpaired) electrons. The molecule has 0 spiro atoms. The summed E-state index contributed by atoms with van der Waals surface area (Å²) in [5.74, 6) is 0.113. The van der Waals surface area contributed by atoms with Crippen LogP contribution in [0.4, 0.5) is 0 Å². The van der Waals surface area contributed by atoms with Gasteiger partial charge in [0.15, 0.2) is 0 Å². The lowest BCUT2D eigenvalue weighted by Gasteiger charge is -2.24. The Morgan fingerprint density at radius 2 is 1.77 bits per heavy atom. The van der Waals surface area contributed by atoms with Crippen LogP contribution in [0.15, 0.2) is 54.6 Å². The molecule has 0 aromatic heterocycles. The first kappa shape index (κ1) is 16.3. The number of benzene rings is 2. The summed E-state index contributed by atoms with van der Waals surface area (Å²) in [6, 6.07) is 18.6. The van der Waals surface area contributed by atoms with Crippen LogP contribution in [-0.2, 0) is 16.6 Å². The molecule has 2 aromatic rings. The average Bonchev–Trinajstić information content (AvgIpc) is 2.48. The summed E-state index contributed by atoms with van der Waals surface area (Å²) in [4.78, 5) is 12.2. The number of amides is 1. The molecule has 0 aliphatic heterocycles. The maximum atomic E-state index is 12.2. The fraction of sp³-hybridized carbons (Fsp3) is 0.350. The van der Waals surface area contributed by atoms with Crippen molar-refractivity contribution in [1.29, 1.82) is 0 Å². The lowest BCUT2D eigenvalue weighted by Crippen LogP contribution is -2.32. The highest BCUT2D eigenvalue weighted by Crippen LogP contribution is 2.26. The Morgan fingerprint density at radius 1 is 1.05 bits per heavy atom. The van der Waals surface area contributed by atoms with Crippen molar-refractivity contribution in [3.8, 4) is 0 Å². The quantitative estimate of drug-likeness (QED) is 0.857. The van der Waals surface area contributed by atoms with Crippen molar-refractivity contribution in [3.63, 3.8) is 0 Å². The van der Waals surface area contributed by atoms with E-state index in [0.717, 1.165) is 6.42 Å². The van der Waals surface area contributed by atoms with Crippen LogP contribution in [-0.4, -0.2) is 12.5 Å². The number of aryl methyl sites for hydroxylation is 1. The van der Waals surface area contributed by atoms with E-state index in [1.807, 2.05) is 18.2 Å². The van der Waals surface area contributed by atoms with Crippen molar-refractivity contribution in [1.82, 2.24) is 5.32 Å². The standard InChI is InChI=1S/C20H25NO/c1-16-8-7-9-17(14-16)12-13-21-19(22)15-20(2,3)18-10-5-4-6-11-18/h4-11,14H,12-13,15H2,1-3H3,(H,21,22). The van der Waals surface area contributed by atoms with Crippen molar-refractivity contribution in [2.24, 2.45) is 0 Å². The monoisotopic (exact) mass is 295 g/mol. The number of hydrogen-bond acceptors (Lipinski definition) is 1. The van der Waals surface area contributed by atoms with E-state index in [9.17, 15) is 4.79 Å². The topological polar surface area (TPSA) is 29.1 Å². The second-order valence-electron chi connectivity index (χ2n) is 6.52.